The zero-order chi connectivity index (χ0) is 13.5. The highest BCUT2D eigenvalue weighted by Crippen LogP contribution is 2.22. The van der Waals surface area contributed by atoms with Gasteiger partial charge in [-0.3, -0.25) is 0 Å². The van der Waals surface area contributed by atoms with Gasteiger partial charge < -0.3 is 5.11 Å². The highest BCUT2D eigenvalue weighted by atomic mass is 16.3. The van der Waals surface area contributed by atoms with Gasteiger partial charge in [-0.25, -0.2) is 0 Å². The second-order valence-electron chi connectivity index (χ2n) is 5.78. The molecule has 0 bridgehead atoms. The molecule has 0 spiro atoms. The summed E-state index contributed by atoms with van der Waals surface area (Å²) in [5.74, 6) is 0. The fourth-order valence-corrected chi connectivity index (χ4v) is 2.88. The van der Waals surface area contributed by atoms with E-state index in [4.69, 9.17) is 0 Å². The lowest BCUT2D eigenvalue weighted by molar-refractivity contribution is 0.195. The molecule has 1 atom stereocenters. The number of benzene rings is 1. The van der Waals surface area contributed by atoms with Crippen LogP contribution in [0.4, 0.5) is 0 Å². The van der Waals surface area contributed by atoms with Crippen LogP contribution in [0.1, 0.15) is 56.1 Å². The fraction of sp³-hybridized carbons (Fsp3) is 0.556. The Morgan fingerprint density at radius 3 is 2.84 bits per heavy atom. The minimum atomic E-state index is -0.237. The third-order valence-electron chi connectivity index (χ3n) is 4.04. The van der Waals surface area contributed by atoms with Gasteiger partial charge in [0.05, 0.1) is 6.10 Å². The Labute approximate surface area is 117 Å². The largest absolute Gasteiger partial charge is 0.389 e. The first-order valence-electron chi connectivity index (χ1n) is 7.68. The molecule has 1 N–H and O–H groups in total. The highest BCUT2D eigenvalue weighted by molar-refractivity contribution is 5.22. The van der Waals surface area contributed by atoms with Crippen LogP contribution in [-0.2, 0) is 6.42 Å². The number of allylic oxidation sites excluding steroid dienone is 1. The molecule has 0 saturated heterocycles. The Bertz CT molecular complexity index is 419. The lowest BCUT2D eigenvalue weighted by atomic mass is 9.93. The Morgan fingerprint density at radius 1 is 1.16 bits per heavy atom. The summed E-state index contributed by atoms with van der Waals surface area (Å²) in [4.78, 5) is 0. The topological polar surface area (TPSA) is 20.2 Å². The van der Waals surface area contributed by atoms with Gasteiger partial charge in [0.1, 0.15) is 0 Å². The average molecular weight is 258 g/mol. The average Bonchev–Trinajstić information content (AvgIpc) is 2.36. The summed E-state index contributed by atoms with van der Waals surface area (Å²) >= 11 is 0. The van der Waals surface area contributed by atoms with Crippen molar-refractivity contribution in [2.24, 2.45) is 0 Å². The quantitative estimate of drug-likeness (QED) is 0.784. The van der Waals surface area contributed by atoms with Crippen LogP contribution < -0.4 is 0 Å². The number of aryl methyl sites for hydroxylation is 2. The van der Waals surface area contributed by atoms with E-state index in [0.717, 1.165) is 25.7 Å². The molecule has 1 heteroatoms. The molecule has 1 nitrogen and oxygen atoms in total. The van der Waals surface area contributed by atoms with E-state index < -0.39 is 0 Å². The van der Waals surface area contributed by atoms with Crippen LogP contribution in [-0.4, -0.2) is 11.2 Å². The molecule has 0 radical (unpaired) electrons. The monoisotopic (exact) mass is 258 g/mol. The Hall–Kier alpha value is -1.08. The molecule has 0 heterocycles. The molecular formula is C18H26O. The number of aliphatic hydroxyl groups is 1. The first kappa shape index (κ1) is 14.3. The summed E-state index contributed by atoms with van der Waals surface area (Å²) in [6.07, 6.45) is 11.3. The number of hydrogen-bond acceptors (Lipinski definition) is 1. The first-order chi connectivity index (χ1) is 9.25. The second kappa shape index (κ2) is 7.49. The third kappa shape index (κ3) is 4.83. The predicted octanol–water partition coefficient (Wildman–Crippen LogP) is 4.57. The first-order valence-corrected chi connectivity index (χ1v) is 7.68. The van der Waals surface area contributed by atoms with E-state index in [2.05, 4.69) is 37.3 Å². The van der Waals surface area contributed by atoms with E-state index >= 15 is 0 Å². The second-order valence-corrected chi connectivity index (χ2v) is 5.78. The van der Waals surface area contributed by atoms with Crippen molar-refractivity contribution in [2.45, 2.75) is 64.4 Å². The smallest absolute Gasteiger partial charge is 0.0753 e. The molecular weight excluding hydrogens is 232 g/mol. The molecule has 1 aliphatic rings. The van der Waals surface area contributed by atoms with Gasteiger partial charge in [0.15, 0.2) is 0 Å². The molecule has 2 rings (SSSR count). The van der Waals surface area contributed by atoms with Crippen molar-refractivity contribution in [1.29, 1.82) is 0 Å². The van der Waals surface area contributed by atoms with Gasteiger partial charge in [0, 0.05) is 0 Å². The molecule has 0 saturated carbocycles. The minimum Gasteiger partial charge on any atom is -0.389 e. The molecule has 0 fully saturated rings. The minimum absolute atomic E-state index is 0.237. The van der Waals surface area contributed by atoms with E-state index in [1.165, 1.54) is 42.4 Å². The highest BCUT2D eigenvalue weighted by Gasteiger charge is 2.12. The van der Waals surface area contributed by atoms with Crippen LogP contribution in [0.15, 0.2) is 35.9 Å². The molecule has 0 amide bonds. The van der Waals surface area contributed by atoms with Gasteiger partial charge >= 0.3 is 0 Å². The molecule has 0 aliphatic heterocycles. The van der Waals surface area contributed by atoms with Gasteiger partial charge in [0.25, 0.3) is 0 Å². The van der Waals surface area contributed by atoms with E-state index in [-0.39, 0.29) is 6.10 Å². The molecule has 19 heavy (non-hydrogen) atoms. The molecule has 0 aromatic heterocycles. The molecule has 1 unspecified atom stereocenters. The normalized spacial score (nSPS) is 21.1. The SMILES string of the molecule is Cc1cccc(CCC(O)/C2=C/CCCCCC2)c1. The summed E-state index contributed by atoms with van der Waals surface area (Å²) in [6.45, 7) is 2.12. The van der Waals surface area contributed by atoms with Crippen molar-refractivity contribution in [1.82, 2.24) is 0 Å². The van der Waals surface area contributed by atoms with Crippen LogP contribution in [0.5, 0.6) is 0 Å². The van der Waals surface area contributed by atoms with Crippen molar-refractivity contribution in [2.75, 3.05) is 0 Å². The summed E-state index contributed by atoms with van der Waals surface area (Å²) in [7, 11) is 0. The zero-order valence-corrected chi connectivity index (χ0v) is 12.1. The maximum atomic E-state index is 10.4. The van der Waals surface area contributed by atoms with Crippen molar-refractivity contribution >= 4 is 0 Å². The van der Waals surface area contributed by atoms with Gasteiger partial charge in [-0.1, -0.05) is 48.7 Å². The third-order valence-corrected chi connectivity index (χ3v) is 4.04. The van der Waals surface area contributed by atoms with Crippen molar-refractivity contribution in [3.63, 3.8) is 0 Å². The molecule has 1 aromatic carbocycles. The van der Waals surface area contributed by atoms with Crippen LogP contribution >= 0.6 is 0 Å². The summed E-state index contributed by atoms with van der Waals surface area (Å²) < 4.78 is 0. The molecule has 1 aliphatic carbocycles. The van der Waals surface area contributed by atoms with E-state index in [9.17, 15) is 5.11 Å². The van der Waals surface area contributed by atoms with Crippen molar-refractivity contribution in [3.8, 4) is 0 Å². The van der Waals surface area contributed by atoms with Gasteiger partial charge in [-0.15, -0.1) is 0 Å². The van der Waals surface area contributed by atoms with Gasteiger partial charge in [-0.05, 0) is 56.6 Å². The van der Waals surface area contributed by atoms with Crippen LogP contribution in [0.25, 0.3) is 0 Å². The van der Waals surface area contributed by atoms with Crippen LogP contribution in [0, 0.1) is 6.92 Å². The Morgan fingerprint density at radius 2 is 2.00 bits per heavy atom. The standard InChI is InChI=1S/C18H26O/c1-15-8-7-9-16(14-15)12-13-18(19)17-10-5-3-2-4-6-11-17/h7-10,14,18-19H,2-6,11-13H2,1H3/b17-10+. The maximum Gasteiger partial charge on any atom is 0.0753 e. The number of hydrogen-bond donors (Lipinski definition) is 1. The van der Waals surface area contributed by atoms with Crippen molar-refractivity contribution < 1.29 is 5.11 Å². The molecule has 1 aromatic rings. The summed E-state index contributed by atoms with van der Waals surface area (Å²) in [5.41, 5.74) is 3.93. The van der Waals surface area contributed by atoms with E-state index in [0.29, 0.717) is 0 Å². The Kier molecular flexibility index (Phi) is 5.65. The van der Waals surface area contributed by atoms with E-state index in [1.807, 2.05) is 0 Å². The molecule has 104 valence electrons. The lowest BCUT2D eigenvalue weighted by Crippen LogP contribution is -2.12. The fourth-order valence-electron chi connectivity index (χ4n) is 2.88. The number of aliphatic hydroxyl groups excluding tert-OH is 1. The summed E-state index contributed by atoms with van der Waals surface area (Å²) in [6, 6.07) is 8.61. The van der Waals surface area contributed by atoms with E-state index in [1.54, 1.807) is 0 Å². The van der Waals surface area contributed by atoms with Crippen LogP contribution in [0.2, 0.25) is 0 Å². The Balaban J connectivity index is 1.87. The lowest BCUT2D eigenvalue weighted by Gasteiger charge is -2.17. The predicted molar refractivity (Wildman–Crippen MR) is 81.3 cm³/mol. The van der Waals surface area contributed by atoms with Gasteiger partial charge in [0.2, 0.25) is 0 Å². The van der Waals surface area contributed by atoms with Crippen molar-refractivity contribution in [3.05, 3.63) is 47.0 Å². The van der Waals surface area contributed by atoms with Gasteiger partial charge in [-0.2, -0.15) is 0 Å². The zero-order valence-electron chi connectivity index (χ0n) is 12.1. The number of rotatable bonds is 4. The summed E-state index contributed by atoms with van der Waals surface area (Å²) in [5, 5.41) is 10.4. The maximum absolute atomic E-state index is 10.4. The van der Waals surface area contributed by atoms with Crippen LogP contribution in [0.3, 0.4) is 0 Å².